The van der Waals surface area contributed by atoms with E-state index in [1.165, 1.54) is 21.3 Å². The van der Waals surface area contributed by atoms with Gasteiger partial charge in [-0.2, -0.15) is 5.10 Å². The van der Waals surface area contributed by atoms with Crippen molar-refractivity contribution in [1.82, 2.24) is 10.3 Å². The number of rotatable bonds is 9. The van der Waals surface area contributed by atoms with Crippen LogP contribution in [0.25, 0.3) is 0 Å². The van der Waals surface area contributed by atoms with Gasteiger partial charge < -0.3 is 23.7 Å². The first-order chi connectivity index (χ1) is 15.6. The van der Waals surface area contributed by atoms with Crippen molar-refractivity contribution >= 4 is 12.1 Å². The lowest BCUT2D eigenvalue weighted by atomic mass is 10.1. The van der Waals surface area contributed by atoms with Crippen LogP contribution in [0.2, 0.25) is 0 Å². The van der Waals surface area contributed by atoms with E-state index in [0.717, 1.165) is 49.7 Å². The fraction of sp³-hybridized carbons (Fsp3) is 0.391. The fourth-order valence-corrected chi connectivity index (χ4v) is 3.44. The predicted octanol–water partition coefficient (Wildman–Crippen LogP) is 2.32. The Hall–Kier alpha value is -3.30. The minimum Gasteiger partial charge on any atom is -0.496 e. The van der Waals surface area contributed by atoms with Gasteiger partial charge in [0.25, 0.3) is 5.91 Å². The summed E-state index contributed by atoms with van der Waals surface area (Å²) in [7, 11) is 6.15. The molecule has 2 aromatic rings. The lowest BCUT2D eigenvalue weighted by Gasteiger charge is -2.27. The average molecular weight is 444 g/mol. The molecule has 1 fully saturated rings. The van der Waals surface area contributed by atoms with Crippen molar-refractivity contribution in [2.24, 2.45) is 5.10 Å². The number of hydrogen-bond donors (Lipinski definition) is 1. The van der Waals surface area contributed by atoms with E-state index >= 15 is 0 Å². The topological polar surface area (TPSA) is 90.9 Å². The molecule has 0 spiro atoms. The number of hydrazone groups is 1. The number of methoxy groups -OCH3 is 4. The zero-order chi connectivity index (χ0) is 22.9. The smallest absolute Gasteiger partial charge is 0.271 e. The molecular weight excluding hydrogens is 414 g/mol. The van der Waals surface area contributed by atoms with E-state index in [-0.39, 0.29) is 0 Å². The highest BCUT2D eigenvalue weighted by Crippen LogP contribution is 2.38. The molecule has 0 bridgehead atoms. The van der Waals surface area contributed by atoms with Crippen molar-refractivity contribution < 1.29 is 28.5 Å². The Morgan fingerprint density at radius 3 is 2.25 bits per heavy atom. The third kappa shape index (κ3) is 5.68. The Kier molecular flexibility index (Phi) is 8.29. The highest BCUT2D eigenvalue weighted by Gasteiger charge is 2.17. The zero-order valence-electron chi connectivity index (χ0n) is 18.8. The number of nitrogens with one attached hydrogen (secondary N) is 1. The van der Waals surface area contributed by atoms with E-state index in [4.69, 9.17) is 23.7 Å². The second-order valence-corrected chi connectivity index (χ2v) is 7.07. The summed E-state index contributed by atoms with van der Waals surface area (Å²) in [6.07, 6.45) is 1.60. The normalized spacial score (nSPS) is 14.2. The van der Waals surface area contributed by atoms with Crippen LogP contribution in [0.4, 0.5) is 0 Å². The standard InChI is InChI=1S/C23H29N3O6/c1-28-19-6-5-16(11-18(19)15-26-7-9-32-10-8-26)14-24-25-23(27)17-12-20(29-2)22(31-4)21(13-17)30-3/h5-6,11-14H,7-10,15H2,1-4H3,(H,25,27)/b24-14-. The van der Waals surface area contributed by atoms with Crippen LogP contribution in [-0.4, -0.2) is 71.8 Å². The van der Waals surface area contributed by atoms with Crippen molar-refractivity contribution in [3.05, 3.63) is 47.0 Å². The van der Waals surface area contributed by atoms with E-state index in [1.807, 2.05) is 18.2 Å². The number of hydrogen-bond acceptors (Lipinski definition) is 8. The van der Waals surface area contributed by atoms with Crippen molar-refractivity contribution in [2.75, 3.05) is 54.7 Å². The first-order valence-electron chi connectivity index (χ1n) is 10.2. The monoisotopic (exact) mass is 443 g/mol. The van der Waals surface area contributed by atoms with Crippen LogP contribution in [0.3, 0.4) is 0 Å². The summed E-state index contributed by atoms with van der Waals surface area (Å²) in [4.78, 5) is 14.9. The van der Waals surface area contributed by atoms with Crippen molar-refractivity contribution in [2.45, 2.75) is 6.54 Å². The molecule has 9 heteroatoms. The molecule has 2 aromatic carbocycles. The molecule has 0 atom stereocenters. The summed E-state index contributed by atoms with van der Waals surface area (Å²) < 4.78 is 26.8. The third-order valence-corrected chi connectivity index (χ3v) is 5.11. The van der Waals surface area contributed by atoms with Gasteiger partial charge in [-0.05, 0) is 35.9 Å². The largest absolute Gasteiger partial charge is 0.496 e. The van der Waals surface area contributed by atoms with Gasteiger partial charge in [-0.1, -0.05) is 0 Å². The molecule has 1 aliphatic heterocycles. The molecule has 172 valence electrons. The summed E-state index contributed by atoms with van der Waals surface area (Å²) in [5.41, 5.74) is 4.77. The quantitative estimate of drug-likeness (QED) is 0.470. The molecule has 1 N–H and O–H groups in total. The van der Waals surface area contributed by atoms with Crippen LogP contribution in [0.15, 0.2) is 35.4 Å². The number of carbonyl (C=O) groups is 1. The molecule has 0 radical (unpaired) electrons. The Morgan fingerprint density at radius 1 is 1.00 bits per heavy atom. The number of benzene rings is 2. The molecule has 1 saturated heterocycles. The zero-order valence-corrected chi connectivity index (χ0v) is 18.8. The number of amides is 1. The van der Waals surface area contributed by atoms with Gasteiger partial charge in [0.1, 0.15) is 5.75 Å². The maximum Gasteiger partial charge on any atom is 0.271 e. The van der Waals surface area contributed by atoms with Crippen molar-refractivity contribution in [3.63, 3.8) is 0 Å². The van der Waals surface area contributed by atoms with Crippen LogP contribution >= 0.6 is 0 Å². The van der Waals surface area contributed by atoms with Gasteiger partial charge in [0.2, 0.25) is 5.75 Å². The van der Waals surface area contributed by atoms with E-state index in [0.29, 0.717) is 22.8 Å². The van der Waals surface area contributed by atoms with E-state index in [2.05, 4.69) is 15.4 Å². The minimum absolute atomic E-state index is 0.333. The molecule has 0 saturated carbocycles. The van der Waals surface area contributed by atoms with Crippen LogP contribution in [0.5, 0.6) is 23.0 Å². The number of carbonyl (C=O) groups excluding carboxylic acids is 1. The summed E-state index contributed by atoms with van der Waals surface area (Å²) in [5.74, 6) is 1.62. The van der Waals surface area contributed by atoms with E-state index in [1.54, 1.807) is 25.5 Å². The Labute approximate surface area is 187 Å². The first-order valence-corrected chi connectivity index (χ1v) is 10.2. The Bertz CT molecular complexity index is 932. The average Bonchev–Trinajstić information content (AvgIpc) is 2.83. The number of ether oxygens (including phenoxy) is 5. The summed E-state index contributed by atoms with van der Waals surface area (Å²) >= 11 is 0. The SMILES string of the molecule is COc1ccc(/C=N\NC(=O)c2cc(OC)c(OC)c(OC)c2)cc1CN1CCOCC1. The molecule has 3 rings (SSSR count). The number of nitrogens with zero attached hydrogens (tertiary/aromatic N) is 2. The molecular formula is C23H29N3O6. The minimum atomic E-state index is -0.400. The molecule has 32 heavy (non-hydrogen) atoms. The van der Waals surface area contributed by atoms with Gasteiger partial charge >= 0.3 is 0 Å². The second-order valence-electron chi connectivity index (χ2n) is 7.07. The van der Waals surface area contributed by atoms with Gasteiger partial charge in [0.15, 0.2) is 11.5 Å². The van der Waals surface area contributed by atoms with Gasteiger partial charge in [-0.3, -0.25) is 9.69 Å². The van der Waals surface area contributed by atoms with Crippen molar-refractivity contribution in [1.29, 1.82) is 0 Å². The van der Waals surface area contributed by atoms with Gasteiger partial charge in [0.05, 0.1) is 47.9 Å². The van der Waals surface area contributed by atoms with Gasteiger partial charge in [0, 0.05) is 30.8 Å². The van der Waals surface area contributed by atoms with Crippen LogP contribution in [-0.2, 0) is 11.3 Å². The highest BCUT2D eigenvalue weighted by molar-refractivity contribution is 5.96. The molecule has 9 nitrogen and oxygen atoms in total. The van der Waals surface area contributed by atoms with Gasteiger partial charge in [-0.15, -0.1) is 0 Å². The molecule has 1 aliphatic rings. The third-order valence-electron chi connectivity index (χ3n) is 5.11. The first kappa shape index (κ1) is 23.4. The lowest BCUT2D eigenvalue weighted by Crippen LogP contribution is -2.35. The summed E-state index contributed by atoms with van der Waals surface area (Å²) in [6, 6.07) is 8.93. The van der Waals surface area contributed by atoms with Gasteiger partial charge in [-0.25, -0.2) is 5.43 Å². The maximum atomic E-state index is 12.6. The lowest BCUT2D eigenvalue weighted by molar-refractivity contribution is 0.0339. The van der Waals surface area contributed by atoms with E-state index in [9.17, 15) is 4.79 Å². The van der Waals surface area contributed by atoms with Crippen LogP contribution in [0.1, 0.15) is 21.5 Å². The van der Waals surface area contributed by atoms with Crippen molar-refractivity contribution in [3.8, 4) is 23.0 Å². The highest BCUT2D eigenvalue weighted by atomic mass is 16.5. The second kappa shape index (κ2) is 11.4. The molecule has 0 unspecified atom stereocenters. The maximum absolute atomic E-state index is 12.6. The Balaban J connectivity index is 1.71. The molecule has 0 aromatic heterocycles. The molecule has 1 amide bonds. The number of morpholine rings is 1. The Morgan fingerprint density at radius 2 is 1.66 bits per heavy atom. The molecule has 0 aliphatic carbocycles. The van der Waals surface area contributed by atoms with Crippen LogP contribution in [0, 0.1) is 0 Å². The predicted molar refractivity (Wildman–Crippen MR) is 120 cm³/mol. The fourth-order valence-electron chi connectivity index (χ4n) is 3.44. The van der Waals surface area contributed by atoms with Crippen LogP contribution < -0.4 is 24.4 Å². The summed E-state index contributed by atoms with van der Waals surface area (Å²) in [6.45, 7) is 3.98. The van der Waals surface area contributed by atoms with E-state index < -0.39 is 5.91 Å². The molecule has 1 heterocycles. The summed E-state index contributed by atoms with van der Waals surface area (Å²) in [5, 5.41) is 4.10.